The average molecular weight is 224 g/mol. The molecule has 7 heteroatoms. The predicted molar refractivity (Wildman–Crippen MR) is 54.1 cm³/mol. The first-order valence-corrected chi connectivity index (χ1v) is 4.35. The second-order valence-corrected chi connectivity index (χ2v) is 3.57. The molecule has 0 saturated heterocycles. The molecule has 0 saturated carbocycles. The molecule has 0 rings (SSSR count). The Morgan fingerprint density at radius 2 is 1.73 bits per heavy atom. The summed E-state index contributed by atoms with van der Waals surface area (Å²) < 4.78 is 0. The van der Waals surface area contributed by atoms with Crippen LogP contribution in [0.3, 0.4) is 0 Å². The second-order valence-electron chi connectivity index (χ2n) is 3.57. The van der Waals surface area contributed by atoms with Crippen LogP contribution in [0.4, 0.5) is 0 Å². The van der Waals surface area contributed by atoms with Crippen molar-refractivity contribution in [3.63, 3.8) is 0 Å². The Bertz CT molecular complexity index is 178. The van der Waals surface area contributed by atoms with E-state index in [0.29, 0.717) is 0 Å². The Morgan fingerprint density at radius 3 is 1.73 bits per heavy atom. The summed E-state index contributed by atoms with van der Waals surface area (Å²) in [5.74, 6) is -1.18. The summed E-state index contributed by atoms with van der Waals surface area (Å²) in [6.07, 6.45) is -0.979. The van der Waals surface area contributed by atoms with E-state index >= 15 is 0 Å². The van der Waals surface area contributed by atoms with Crippen molar-refractivity contribution in [2.75, 3.05) is 13.2 Å². The van der Waals surface area contributed by atoms with Gasteiger partial charge in [0.1, 0.15) is 6.04 Å². The lowest BCUT2D eigenvalue weighted by atomic mass is 10.1. The minimum Gasteiger partial charge on any atom is -0.480 e. The van der Waals surface area contributed by atoms with Crippen LogP contribution in [0, 0.1) is 0 Å². The minimum absolute atomic E-state index is 0.177. The molecule has 0 radical (unpaired) electrons. The molecule has 2 atom stereocenters. The highest BCUT2D eigenvalue weighted by molar-refractivity contribution is 5.73. The summed E-state index contributed by atoms with van der Waals surface area (Å²) in [5.41, 5.74) is 9.32. The summed E-state index contributed by atoms with van der Waals surface area (Å²) >= 11 is 0. The standard InChI is InChI=1S/C4H9NO3.C4H11NO2/c1-2(6)3(5)4(7)8;1-4(5,2-6)3-7/h2-3,6H,5H2,1H3,(H,7,8);6-7H,2-3,5H2,1H3. The van der Waals surface area contributed by atoms with Crippen LogP contribution >= 0.6 is 0 Å². The first-order valence-electron chi connectivity index (χ1n) is 4.35. The van der Waals surface area contributed by atoms with E-state index in [1.54, 1.807) is 6.92 Å². The molecule has 0 aromatic carbocycles. The summed E-state index contributed by atoms with van der Waals surface area (Å²) in [5, 5.41) is 33.2. The number of aliphatic hydroxyl groups excluding tert-OH is 3. The quantitative estimate of drug-likeness (QED) is 0.308. The van der Waals surface area contributed by atoms with Gasteiger partial charge in [-0.05, 0) is 13.8 Å². The Hall–Kier alpha value is -0.730. The zero-order valence-corrected chi connectivity index (χ0v) is 8.92. The van der Waals surface area contributed by atoms with Crippen LogP contribution in [0.25, 0.3) is 0 Å². The molecule has 0 aromatic heterocycles. The van der Waals surface area contributed by atoms with E-state index < -0.39 is 23.7 Å². The van der Waals surface area contributed by atoms with Gasteiger partial charge in [-0.15, -0.1) is 0 Å². The van der Waals surface area contributed by atoms with Gasteiger partial charge in [0.2, 0.25) is 0 Å². The van der Waals surface area contributed by atoms with E-state index in [9.17, 15) is 4.79 Å². The topological polar surface area (TPSA) is 150 Å². The number of carboxylic acids is 1. The third kappa shape index (κ3) is 9.57. The van der Waals surface area contributed by atoms with Gasteiger partial charge in [-0.2, -0.15) is 0 Å². The lowest BCUT2D eigenvalue weighted by Gasteiger charge is -2.16. The van der Waals surface area contributed by atoms with Gasteiger partial charge in [-0.1, -0.05) is 0 Å². The molecule has 7 nitrogen and oxygen atoms in total. The van der Waals surface area contributed by atoms with Crippen molar-refractivity contribution in [2.24, 2.45) is 11.5 Å². The number of rotatable bonds is 4. The van der Waals surface area contributed by atoms with Crippen molar-refractivity contribution < 1.29 is 25.2 Å². The summed E-state index contributed by atoms with van der Waals surface area (Å²) in [6, 6.07) is -1.16. The number of hydrogen-bond donors (Lipinski definition) is 6. The summed E-state index contributed by atoms with van der Waals surface area (Å²) in [6.45, 7) is 2.55. The molecule has 2 unspecified atom stereocenters. The number of carboxylic acid groups (broad SMARTS) is 1. The van der Waals surface area contributed by atoms with Gasteiger partial charge in [-0.3, -0.25) is 4.79 Å². The second kappa shape index (κ2) is 7.55. The van der Waals surface area contributed by atoms with E-state index in [4.69, 9.17) is 31.9 Å². The maximum atomic E-state index is 9.86. The van der Waals surface area contributed by atoms with E-state index in [1.807, 2.05) is 0 Å². The molecule has 0 fully saturated rings. The van der Waals surface area contributed by atoms with E-state index in [2.05, 4.69) is 0 Å². The first kappa shape index (κ1) is 16.7. The minimum atomic E-state index is -1.18. The van der Waals surface area contributed by atoms with Crippen LogP contribution in [-0.2, 0) is 4.79 Å². The fourth-order valence-electron chi connectivity index (χ4n) is 0.256. The predicted octanol–water partition coefficient (Wildman–Crippen LogP) is -2.53. The van der Waals surface area contributed by atoms with Gasteiger partial charge in [0.05, 0.1) is 24.9 Å². The van der Waals surface area contributed by atoms with Crippen LogP contribution < -0.4 is 11.5 Å². The van der Waals surface area contributed by atoms with Crippen LogP contribution in [0.1, 0.15) is 13.8 Å². The third-order valence-corrected chi connectivity index (χ3v) is 1.53. The Morgan fingerprint density at radius 1 is 1.40 bits per heavy atom. The SMILES string of the molecule is CC(N)(CO)CO.CC(O)C(N)C(=O)O. The molecule has 0 aliphatic rings. The third-order valence-electron chi connectivity index (χ3n) is 1.53. The van der Waals surface area contributed by atoms with Crippen LogP contribution in [0.5, 0.6) is 0 Å². The van der Waals surface area contributed by atoms with Crippen molar-refractivity contribution in [3.8, 4) is 0 Å². The lowest BCUT2D eigenvalue weighted by molar-refractivity contribution is -0.140. The van der Waals surface area contributed by atoms with Gasteiger partial charge >= 0.3 is 5.97 Å². The fraction of sp³-hybridized carbons (Fsp3) is 0.875. The molecule has 8 N–H and O–H groups in total. The highest BCUT2D eigenvalue weighted by atomic mass is 16.4. The average Bonchev–Trinajstić information content (AvgIpc) is 2.17. The Balaban J connectivity index is 0. The Labute approximate surface area is 88.3 Å². The fourth-order valence-corrected chi connectivity index (χ4v) is 0.256. The zero-order chi connectivity index (χ0) is 12.6. The van der Waals surface area contributed by atoms with Gasteiger partial charge in [0.25, 0.3) is 0 Å². The number of nitrogens with two attached hydrogens (primary N) is 2. The van der Waals surface area contributed by atoms with Crippen molar-refractivity contribution >= 4 is 5.97 Å². The van der Waals surface area contributed by atoms with Crippen LogP contribution in [0.2, 0.25) is 0 Å². The molecule has 15 heavy (non-hydrogen) atoms. The molecule has 0 aliphatic heterocycles. The number of aliphatic carboxylic acids is 1. The maximum Gasteiger partial charge on any atom is 0.323 e. The van der Waals surface area contributed by atoms with Crippen LogP contribution in [-0.4, -0.2) is 57.3 Å². The highest BCUT2D eigenvalue weighted by Gasteiger charge is 2.16. The van der Waals surface area contributed by atoms with Gasteiger partial charge in [-0.25, -0.2) is 0 Å². The maximum absolute atomic E-state index is 9.86. The summed E-state index contributed by atoms with van der Waals surface area (Å²) in [4.78, 5) is 9.86. The van der Waals surface area contributed by atoms with E-state index in [0.717, 1.165) is 0 Å². The van der Waals surface area contributed by atoms with E-state index in [1.165, 1.54) is 6.92 Å². The molecule has 0 amide bonds. The molecular weight excluding hydrogens is 204 g/mol. The van der Waals surface area contributed by atoms with Gasteiger partial charge < -0.3 is 31.9 Å². The molecule has 0 aromatic rings. The molecule has 92 valence electrons. The van der Waals surface area contributed by atoms with Gasteiger partial charge in [0.15, 0.2) is 0 Å². The lowest BCUT2D eigenvalue weighted by Crippen LogP contribution is -2.43. The molecule has 0 bridgehead atoms. The summed E-state index contributed by atoms with van der Waals surface area (Å²) in [7, 11) is 0. The van der Waals surface area contributed by atoms with Crippen molar-refractivity contribution in [3.05, 3.63) is 0 Å². The van der Waals surface area contributed by atoms with E-state index in [-0.39, 0.29) is 13.2 Å². The molecule has 0 aliphatic carbocycles. The molecular formula is C8H20N2O5. The first-order chi connectivity index (χ1) is 6.67. The number of carbonyl (C=O) groups is 1. The number of hydrogen-bond acceptors (Lipinski definition) is 6. The monoisotopic (exact) mass is 224 g/mol. The largest absolute Gasteiger partial charge is 0.480 e. The highest BCUT2D eigenvalue weighted by Crippen LogP contribution is 1.91. The Kier molecular flexibility index (Phi) is 8.40. The van der Waals surface area contributed by atoms with Crippen molar-refractivity contribution in [1.29, 1.82) is 0 Å². The van der Waals surface area contributed by atoms with Crippen molar-refractivity contribution in [2.45, 2.75) is 31.5 Å². The zero-order valence-electron chi connectivity index (χ0n) is 8.92. The van der Waals surface area contributed by atoms with Crippen LogP contribution in [0.15, 0.2) is 0 Å². The molecule has 0 heterocycles. The smallest absolute Gasteiger partial charge is 0.323 e. The van der Waals surface area contributed by atoms with Crippen molar-refractivity contribution in [1.82, 2.24) is 0 Å². The normalized spacial score (nSPS) is 14.9. The van der Waals surface area contributed by atoms with Gasteiger partial charge in [0, 0.05) is 0 Å². The molecule has 0 spiro atoms. The number of aliphatic hydroxyl groups is 3.